The van der Waals surface area contributed by atoms with Gasteiger partial charge in [-0.25, -0.2) is 0 Å². The molecule has 0 saturated heterocycles. The van der Waals surface area contributed by atoms with Crippen LogP contribution in [-0.2, 0) is 0 Å². The van der Waals surface area contributed by atoms with E-state index in [9.17, 15) is 0 Å². The van der Waals surface area contributed by atoms with Gasteiger partial charge in [0.15, 0.2) is 0 Å². The minimum atomic E-state index is 0.899. The monoisotopic (exact) mass is 243 g/mol. The lowest BCUT2D eigenvalue weighted by Crippen LogP contribution is -2.19. The molecule has 0 heterocycles. The van der Waals surface area contributed by atoms with Gasteiger partial charge >= 0.3 is 0 Å². The maximum absolute atomic E-state index is 5.08. The average molecular weight is 244 g/mol. The van der Waals surface area contributed by atoms with E-state index < -0.39 is 0 Å². The Hall–Kier alpha value is -0.700. The largest absolute Gasteiger partial charge is 0.497 e. The maximum atomic E-state index is 5.08. The quantitative estimate of drug-likeness (QED) is 0.754. The van der Waals surface area contributed by atoms with Crippen LogP contribution in [0.25, 0.3) is 0 Å². The van der Waals surface area contributed by atoms with Gasteiger partial charge in [0.2, 0.25) is 0 Å². The molecular formula is C10H14BrNO. The molecule has 0 aliphatic rings. The zero-order valence-electron chi connectivity index (χ0n) is 7.96. The van der Waals surface area contributed by atoms with Crippen LogP contribution < -0.4 is 9.64 Å². The fraction of sp³-hybridized carbons (Fsp3) is 0.400. The van der Waals surface area contributed by atoms with Crippen LogP contribution in [0.15, 0.2) is 24.3 Å². The Morgan fingerprint density at radius 2 is 1.92 bits per heavy atom. The highest BCUT2D eigenvalue weighted by Gasteiger charge is 1.98. The van der Waals surface area contributed by atoms with Crippen molar-refractivity contribution in [3.05, 3.63) is 24.3 Å². The molecule has 13 heavy (non-hydrogen) atoms. The first-order valence-electron chi connectivity index (χ1n) is 4.19. The van der Waals surface area contributed by atoms with E-state index >= 15 is 0 Å². The minimum absolute atomic E-state index is 0.899. The first kappa shape index (κ1) is 10.4. The van der Waals surface area contributed by atoms with Gasteiger partial charge in [-0.1, -0.05) is 15.9 Å². The number of hydrogen-bond acceptors (Lipinski definition) is 2. The molecule has 0 amide bonds. The lowest BCUT2D eigenvalue weighted by molar-refractivity contribution is 0.415. The number of benzene rings is 1. The van der Waals surface area contributed by atoms with E-state index in [0.717, 1.165) is 17.6 Å². The molecule has 0 radical (unpaired) electrons. The fourth-order valence-electron chi connectivity index (χ4n) is 1.09. The predicted octanol–water partition coefficient (Wildman–Crippen LogP) is 2.53. The number of methoxy groups -OCH3 is 1. The Labute approximate surface area is 87.6 Å². The summed E-state index contributed by atoms with van der Waals surface area (Å²) in [6, 6.07) is 8.06. The minimum Gasteiger partial charge on any atom is -0.497 e. The number of halogens is 1. The van der Waals surface area contributed by atoms with E-state index in [1.165, 1.54) is 5.69 Å². The molecule has 1 aromatic carbocycles. The van der Waals surface area contributed by atoms with E-state index in [0.29, 0.717) is 0 Å². The second kappa shape index (κ2) is 5.12. The number of anilines is 1. The van der Waals surface area contributed by atoms with Gasteiger partial charge in [-0.05, 0) is 24.3 Å². The van der Waals surface area contributed by atoms with Gasteiger partial charge in [-0.15, -0.1) is 0 Å². The molecule has 0 saturated carbocycles. The van der Waals surface area contributed by atoms with Crippen LogP contribution in [0.3, 0.4) is 0 Å². The van der Waals surface area contributed by atoms with Crippen LogP contribution in [0.4, 0.5) is 5.69 Å². The van der Waals surface area contributed by atoms with Gasteiger partial charge in [-0.2, -0.15) is 0 Å². The Balaban J connectivity index is 2.67. The predicted molar refractivity (Wildman–Crippen MR) is 60.1 cm³/mol. The molecule has 0 aliphatic carbocycles. The summed E-state index contributed by atoms with van der Waals surface area (Å²) in [5.41, 5.74) is 1.21. The molecule has 0 spiro atoms. The van der Waals surface area contributed by atoms with Crippen LogP contribution in [0.5, 0.6) is 5.75 Å². The van der Waals surface area contributed by atoms with Crippen molar-refractivity contribution < 1.29 is 4.74 Å². The number of rotatable bonds is 4. The highest BCUT2D eigenvalue weighted by atomic mass is 79.9. The van der Waals surface area contributed by atoms with Gasteiger partial charge < -0.3 is 9.64 Å². The van der Waals surface area contributed by atoms with Gasteiger partial charge in [0, 0.05) is 24.6 Å². The summed E-state index contributed by atoms with van der Waals surface area (Å²) in [4.78, 5) is 2.19. The third-order valence-corrected chi connectivity index (χ3v) is 2.29. The molecule has 72 valence electrons. The molecule has 0 atom stereocenters. The maximum Gasteiger partial charge on any atom is 0.119 e. The van der Waals surface area contributed by atoms with Crippen molar-refractivity contribution in [2.45, 2.75) is 0 Å². The lowest BCUT2D eigenvalue weighted by Gasteiger charge is -2.17. The van der Waals surface area contributed by atoms with Gasteiger partial charge in [0.05, 0.1) is 7.11 Å². The Kier molecular flexibility index (Phi) is 4.09. The lowest BCUT2D eigenvalue weighted by atomic mass is 10.3. The van der Waals surface area contributed by atoms with Crippen LogP contribution >= 0.6 is 15.9 Å². The summed E-state index contributed by atoms with van der Waals surface area (Å²) in [5.74, 6) is 0.899. The fourth-order valence-corrected chi connectivity index (χ4v) is 1.62. The van der Waals surface area contributed by atoms with E-state index in [1.54, 1.807) is 7.11 Å². The first-order chi connectivity index (χ1) is 6.27. The summed E-state index contributed by atoms with van der Waals surface area (Å²) in [7, 11) is 3.75. The van der Waals surface area contributed by atoms with Crippen LogP contribution in [0.2, 0.25) is 0 Å². The van der Waals surface area contributed by atoms with Gasteiger partial charge in [-0.3, -0.25) is 0 Å². The van der Waals surface area contributed by atoms with Crippen molar-refractivity contribution in [3.8, 4) is 5.75 Å². The summed E-state index contributed by atoms with van der Waals surface area (Å²) in [5, 5.41) is 0.982. The highest BCUT2D eigenvalue weighted by Crippen LogP contribution is 2.17. The van der Waals surface area contributed by atoms with E-state index in [2.05, 4.69) is 40.0 Å². The summed E-state index contributed by atoms with van der Waals surface area (Å²) >= 11 is 3.41. The number of ether oxygens (including phenoxy) is 1. The van der Waals surface area contributed by atoms with Crippen molar-refractivity contribution in [3.63, 3.8) is 0 Å². The van der Waals surface area contributed by atoms with Crippen molar-refractivity contribution >= 4 is 21.6 Å². The number of alkyl halides is 1. The second-order valence-electron chi connectivity index (χ2n) is 2.81. The molecule has 3 heteroatoms. The van der Waals surface area contributed by atoms with Crippen LogP contribution in [-0.4, -0.2) is 26.0 Å². The van der Waals surface area contributed by atoms with Crippen molar-refractivity contribution in [1.29, 1.82) is 0 Å². The average Bonchev–Trinajstić information content (AvgIpc) is 2.18. The van der Waals surface area contributed by atoms with Crippen molar-refractivity contribution in [2.24, 2.45) is 0 Å². The molecule has 1 aromatic rings. The third-order valence-electron chi connectivity index (χ3n) is 1.93. The van der Waals surface area contributed by atoms with Crippen molar-refractivity contribution in [1.82, 2.24) is 0 Å². The van der Waals surface area contributed by atoms with Crippen molar-refractivity contribution in [2.75, 3.05) is 30.9 Å². The summed E-state index contributed by atoms with van der Waals surface area (Å²) in [6.07, 6.45) is 0. The Morgan fingerprint density at radius 3 is 2.38 bits per heavy atom. The molecule has 1 rings (SSSR count). The highest BCUT2D eigenvalue weighted by molar-refractivity contribution is 9.09. The third kappa shape index (κ3) is 2.92. The molecular weight excluding hydrogens is 230 g/mol. The molecule has 0 unspecified atom stereocenters. The second-order valence-corrected chi connectivity index (χ2v) is 3.60. The normalized spacial score (nSPS) is 9.77. The molecule has 0 N–H and O–H groups in total. The number of nitrogens with zero attached hydrogens (tertiary/aromatic N) is 1. The molecule has 2 nitrogen and oxygen atoms in total. The van der Waals surface area contributed by atoms with Crippen LogP contribution in [0, 0.1) is 0 Å². The first-order valence-corrected chi connectivity index (χ1v) is 5.31. The molecule has 0 fully saturated rings. The van der Waals surface area contributed by atoms with E-state index in [1.807, 2.05) is 12.1 Å². The smallest absolute Gasteiger partial charge is 0.119 e. The Bertz CT molecular complexity index is 248. The zero-order valence-corrected chi connectivity index (χ0v) is 9.54. The SMILES string of the molecule is COc1ccc(N(C)CCBr)cc1. The molecule has 0 aliphatic heterocycles. The zero-order chi connectivity index (χ0) is 9.68. The van der Waals surface area contributed by atoms with E-state index in [-0.39, 0.29) is 0 Å². The topological polar surface area (TPSA) is 12.5 Å². The van der Waals surface area contributed by atoms with Gasteiger partial charge in [0.25, 0.3) is 0 Å². The Morgan fingerprint density at radius 1 is 1.31 bits per heavy atom. The molecule has 0 bridgehead atoms. The standard InChI is InChI=1S/C10H14BrNO/c1-12(8-7-11)9-3-5-10(13-2)6-4-9/h3-6H,7-8H2,1-2H3. The molecule has 0 aromatic heterocycles. The summed E-state index contributed by atoms with van der Waals surface area (Å²) < 4.78 is 5.08. The summed E-state index contributed by atoms with van der Waals surface area (Å²) in [6.45, 7) is 1.01. The number of hydrogen-bond donors (Lipinski definition) is 0. The van der Waals surface area contributed by atoms with Crippen LogP contribution in [0.1, 0.15) is 0 Å². The van der Waals surface area contributed by atoms with E-state index in [4.69, 9.17) is 4.74 Å². The van der Waals surface area contributed by atoms with Gasteiger partial charge in [0.1, 0.15) is 5.75 Å².